The van der Waals surface area contributed by atoms with E-state index in [1.807, 2.05) is 12.1 Å². The van der Waals surface area contributed by atoms with Crippen molar-refractivity contribution in [2.45, 2.75) is 26.8 Å². The first-order chi connectivity index (χ1) is 8.16. The minimum absolute atomic E-state index is 0.462. The summed E-state index contributed by atoms with van der Waals surface area (Å²) in [7, 11) is 0. The van der Waals surface area contributed by atoms with Crippen LogP contribution in [-0.2, 0) is 0 Å². The Labute approximate surface area is 102 Å². The molecule has 0 spiro atoms. The van der Waals surface area contributed by atoms with Crippen LogP contribution in [0.2, 0.25) is 0 Å². The maximum Gasteiger partial charge on any atom is 0.0858 e. The Kier molecular flexibility index (Phi) is 3.42. The summed E-state index contributed by atoms with van der Waals surface area (Å²) in [5.74, 6) is 0.613. The van der Waals surface area contributed by atoms with Crippen LogP contribution in [0.3, 0.4) is 0 Å². The number of nitrogens with zero attached hydrogens (tertiary/aromatic N) is 3. The number of benzene rings is 1. The molecule has 0 aliphatic rings. The molecule has 1 aromatic carbocycles. The highest BCUT2D eigenvalue weighted by Crippen LogP contribution is 2.14. The Morgan fingerprint density at radius 2 is 1.59 bits per heavy atom. The molecular weight excluding hydrogens is 212 g/mol. The summed E-state index contributed by atoms with van der Waals surface area (Å²) >= 11 is 0. The SMILES string of the molecule is CC(C)C(C)Nc1ccc(-n2nccn2)cc1. The molecule has 4 nitrogen and oxygen atoms in total. The van der Waals surface area contributed by atoms with Crippen LogP contribution < -0.4 is 5.32 Å². The first-order valence-electron chi connectivity index (χ1n) is 5.90. The fourth-order valence-electron chi connectivity index (χ4n) is 1.47. The molecule has 0 saturated heterocycles. The van der Waals surface area contributed by atoms with Crippen LogP contribution in [-0.4, -0.2) is 21.0 Å². The molecule has 2 aromatic rings. The second-order valence-electron chi connectivity index (χ2n) is 4.54. The molecule has 1 aromatic heterocycles. The molecule has 1 heterocycles. The van der Waals surface area contributed by atoms with Gasteiger partial charge < -0.3 is 5.32 Å². The zero-order chi connectivity index (χ0) is 12.3. The van der Waals surface area contributed by atoms with Crippen LogP contribution in [0.1, 0.15) is 20.8 Å². The fraction of sp³-hybridized carbons (Fsp3) is 0.385. The predicted molar refractivity (Wildman–Crippen MR) is 69.3 cm³/mol. The number of nitrogens with one attached hydrogen (secondary N) is 1. The Morgan fingerprint density at radius 3 is 2.12 bits per heavy atom. The highest BCUT2D eigenvalue weighted by molar-refractivity contribution is 5.48. The summed E-state index contributed by atoms with van der Waals surface area (Å²) in [5, 5.41) is 11.6. The van der Waals surface area contributed by atoms with Crippen molar-refractivity contribution in [3.8, 4) is 5.69 Å². The van der Waals surface area contributed by atoms with E-state index < -0.39 is 0 Å². The van der Waals surface area contributed by atoms with Gasteiger partial charge in [-0.05, 0) is 37.1 Å². The average molecular weight is 230 g/mol. The molecule has 90 valence electrons. The third-order valence-electron chi connectivity index (χ3n) is 2.91. The van der Waals surface area contributed by atoms with Gasteiger partial charge in [-0.25, -0.2) is 0 Å². The summed E-state index contributed by atoms with van der Waals surface area (Å²) in [6.45, 7) is 6.60. The molecule has 0 radical (unpaired) electrons. The van der Waals surface area contributed by atoms with Crippen molar-refractivity contribution in [1.29, 1.82) is 0 Å². The van der Waals surface area contributed by atoms with Gasteiger partial charge in [-0.1, -0.05) is 13.8 Å². The van der Waals surface area contributed by atoms with Gasteiger partial charge >= 0.3 is 0 Å². The van der Waals surface area contributed by atoms with E-state index in [9.17, 15) is 0 Å². The van der Waals surface area contributed by atoms with Crippen LogP contribution in [0.5, 0.6) is 0 Å². The van der Waals surface area contributed by atoms with Gasteiger partial charge in [0, 0.05) is 11.7 Å². The van der Waals surface area contributed by atoms with Crippen LogP contribution in [0.15, 0.2) is 36.7 Å². The van der Waals surface area contributed by atoms with E-state index >= 15 is 0 Å². The molecule has 4 heteroatoms. The zero-order valence-corrected chi connectivity index (χ0v) is 10.5. The quantitative estimate of drug-likeness (QED) is 0.878. The van der Waals surface area contributed by atoms with E-state index in [-0.39, 0.29) is 0 Å². The summed E-state index contributed by atoms with van der Waals surface area (Å²) in [4.78, 5) is 1.61. The fourth-order valence-corrected chi connectivity index (χ4v) is 1.47. The molecule has 17 heavy (non-hydrogen) atoms. The highest BCUT2D eigenvalue weighted by Gasteiger charge is 2.06. The van der Waals surface area contributed by atoms with Crippen molar-refractivity contribution in [2.24, 2.45) is 5.92 Å². The maximum atomic E-state index is 4.09. The molecule has 0 amide bonds. The van der Waals surface area contributed by atoms with Crippen molar-refractivity contribution >= 4 is 5.69 Å². The van der Waals surface area contributed by atoms with Crippen molar-refractivity contribution in [2.75, 3.05) is 5.32 Å². The number of rotatable bonds is 4. The molecule has 0 aliphatic heterocycles. The summed E-state index contributed by atoms with van der Waals surface area (Å²) < 4.78 is 0. The molecule has 1 atom stereocenters. The number of hydrogen-bond donors (Lipinski definition) is 1. The van der Waals surface area contributed by atoms with Crippen LogP contribution in [0, 0.1) is 5.92 Å². The zero-order valence-electron chi connectivity index (χ0n) is 10.5. The van der Waals surface area contributed by atoms with Gasteiger partial charge in [0.1, 0.15) is 0 Å². The lowest BCUT2D eigenvalue weighted by atomic mass is 10.1. The van der Waals surface area contributed by atoms with Crippen molar-refractivity contribution in [3.63, 3.8) is 0 Å². The lowest BCUT2D eigenvalue weighted by Gasteiger charge is -2.18. The number of aromatic nitrogens is 3. The number of hydrogen-bond acceptors (Lipinski definition) is 3. The Bertz CT molecular complexity index is 445. The normalized spacial score (nSPS) is 12.7. The van der Waals surface area contributed by atoms with E-state index in [1.165, 1.54) is 0 Å². The van der Waals surface area contributed by atoms with E-state index in [4.69, 9.17) is 0 Å². The van der Waals surface area contributed by atoms with Crippen molar-refractivity contribution < 1.29 is 0 Å². The molecule has 0 aliphatic carbocycles. The van der Waals surface area contributed by atoms with E-state index in [2.05, 4.69) is 48.4 Å². The third kappa shape index (κ3) is 2.84. The van der Waals surface area contributed by atoms with Gasteiger partial charge in [0.15, 0.2) is 0 Å². The largest absolute Gasteiger partial charge is 0.382 e. The first-order valence-corrected chi connectivity index (χ1v) is 5.90. The summed E-state index contributed by atoms with van der Waals surface area (Å²) in [5.41, 5.74) is 2.10. The van der Waals surface area contributed by atoms with Crippen LogP contribution in [0.4, 0.5) is 5.69 Å². The second-order valence-corrected chi connectivity index (χ2v) is 4.54. The standard InChI is InChI=1S/C13H18N4/c1-10(2)11(3)16-12-4-6-13(7-5-12)17-14-8-9-15-17/h4-11,16H,1-3H3. The predicted octanol–water partition coefficient (Wildman–Crippen LogP) is 2.72. The topological polar surface area (TPSA) is 42.7 Å². The van der Waals surface area contributed by atoms with E-state index in [0.29, 0.717) is 12.0 Å². The summed E-state index contributed by atoms with van der Waals surface area (Å²) in [6.07, 6.45) is 3.35. The van der Waals surface area contributed by atoms with Gasteiger partial charge in [0.2, 0.25) is 0 Å². The summed E-state index contributed by atoms with van der Waals surface area (Å²) in [6, 6.07) is 8.59. The smallest absolute Gasteiger partial charge is 0.0858 e. The molecule has 0 bridgehead atoms. The molecule has 1 unspecified atom stereocenters. The van der Waals surface area contributed by atoms with Gasteiger partial charge in [-0.15, -0.1) is 0 Å². The average Bonchev–Trinajstić information content (AvgIpc) is 2.83. The minimum atomic E-state index is 0.462. The van der Waals surface area contributed by atoms with Crippen molar-refractivity contribution in [1.82, 2.24) is 15.0 Å². The molecule has 2 rings (SSSR count). The maximum absolute atomic E-state index is 4.09. The monoisotopic (exact) mass is 230 g/mol. The Hall–Kier alpha value is -1.84. The second kappa shape index (κ2) is 4.99. The molecule has 1 N–H and O–H groups in total. The van der Waals surface area contributed by atoms with Crippen LogP contribution in [0.25, 0.3) is 5.69 Å². The molecule has 0 fully saturated rings. The van der Waals surface area contributed by atoms with E-state index in [1.54, 1.807) is 17.2 Å². The molecular formula is C13H18N4. The lowest BCUT2D eigenvalue weighted by Crippen LogP contribution is -2.21. The van der Waals surface area contributed by atoms with E-state index in [0.717, 1.165) is 11.4 Å². The lowest BCUT2D eigenvalue weighted by molar-refractivity contribution is 0.560. The van der Waals surface area contributed by atoms with Crippen molar-refractivity contribution in [3.05, 3.63) is 36.7 Å². The van der Waals surface area contributed by atoms with Crippen LogP contribution >= 0.6 is 0 Å². The molecule has 0 saturated carbocycles. The Morgan fingerprint density at radius 1 is 1.00 bits per heavy atom. The number of anilines is 1. The third-order valence-corrected chi connectivity index (χ3v) is 2.91. The van der Waals surface area contributed by atoms with Gasteiger partial charge in [0.25, 0.3) is 0 Å². The first kappa shape index (κ1) is 11.6. The Balaban J connectivity index is 2.08. The van der Waals surface area contributed by atoms with Gasteiger partial charge in [0.05, 0.1) is 18.1 Å². The minimum Gasteiger partial charge on any atom is -0.382 e. The van der Waals surface area contributed by atoms with Gasteiger partial charge in [-0.2, -0.15) is 15.0 Å². The highest BCUT2D eigenvalue weighted by atomic mass is 15.5. The van der Waals surface area contributed by atoms with Gasteiger partial charge in [-0.3, -0.25) is 0 Å².